The standard InChI is InChI=1S/C30H35Cl2N3O5S/c1-5-21(3)33-30(37)27(6-2)34(19-22-12-14-23(31)15-13-22)29(36)20-35(24-16-17-28(40-4)26(32)18-24)41(38,39)25-10-8-7-9-11-25/h7-18,21,27H,5-6,19-20H2,1-4H3,(H,33,37)/t21-,27+/m0/s1. The van der Waals surface area contributed by atoms with Gasteiger partial charge in [0, 0.05) is 17.6 Å². The van der Waals surface area contributed by atoms with Crippen LogP contribution in [0.5, 0.6) is 5.75 Å². The number of nitrogens with zero attached hydrogens (tertiary/aromatic N) is 2. The molecule has 0 aliphatic carbocycles. The first kappa shape index (κ1) is 32.2. The third-order valence-electron chi connectivity index (χ3n) is 6.69. The van der Waals surface area contributed by atoms with E-state index in [2.05, 4.69) is 5.32 Å². The lowest BCUT2D eigenvalue weighted by molar-refractivity contribution is -0.140. The van der Waals surface area contributed by atoms with Gasteiger partial charge in [0.2, 0.25) is 11.8 Å². The summed E-state index contributed by atoms with van der Waals surface area (Å²) in [7, 11) is -2.75. The van der Waals surface area contributed by atoms with Crippen molar-refractivity contribution in [1.29, 1.82) is 0 Å². The highest BCUT2D eigenvalue weighted by molar-refractivity contribution is 7.92. The van der Waals surface area contributed by atoms with Gasteiger partial charge >= 0.3 is 0 Å². The number of ether oxygens (including phenoxy) is 1. The van der Waals surface area contributed by atoms with E-state index < -0.39 is 28.5 Å². The van der Waals surface area contributed by atoms with Crippen molar-refractivity contribution >= 4 is 50.7 Å². The number of anilines is 1. The Labute approximate surface area is 252 Å². The number of hydrogen-bond acceptors (Lipinski definition) is 5. The third kappa shape index (κ3) is 8.15. The van der Waals surface area contributed by atoms with Gasteiger partial charge in [-0.2, -0.15) is 0 Å². The SMILES string of the molecule is CC[C@H](C(=O)N[C@@H](C)CC)N(Cc1ccc(Cl)cc1)C(=O)CN(c1ccc(OC)c(Cl)c1)S(=O)(=O)c1ccccc1. The number of sulfonamides is 1. The topological polar surface area (TPSA) is 96.0 Å². The van der Waals surface area contributed by atoms with Crippen molar-refractivity contribution in [2.24, 2.45) is 0 Å². The molecule has 3 aromatic rings. The molecule has 11 heteroatoms. The molecule has 220 valence electrons. The zero-order valence-corrected chi connectivity index (χ0v) is 25.8. The average molecular weight is 621 g/mol. The summed E-state index contributed by atoms with van der Waals surface area (Å²) >= 11 is 12.4. The van der Waals surface area contributed by atoms with Gasteiger partial charge in [-0.1, -0.05) is 67.4 Å². The number of rotatable bonds is 13. The van der Waals surface area contributed by atoms with Gasteiger partial charge in [-0.3, -0.25) is 13.9 Å². The third-order valence-corrected chi connectivity index (χ3v) is 9.02. The lowest BCUT2D eigenvalue weighted by Gasteiger charge is -2.33. The summed E-state index contributed by atoms with van der Waals surface area (Å²) in [5, 5.41) is 3.67. The van der Waals surface area contributed by atoms with Gasteiger partial charge in [0.1, 0.15) is 18.3 Å². The Morgan fingerprint density at radius 3 is 2.17 bits per heavy atom. The summed E-state index contributed by atoms with van der Waals surface area (Å²) in [4.78, 5) is 28.9. The van der Waals surface area contributed by atoms with E-state index in [1.54, 1.807) is 42.5 Å². The van der Waals surface area contributed by atoms with Crippen LogP contribution in [-0.4, -0.2) is 50.9 Å². The Morgan fingerprint density at radius 2 is 1.61 bits per heavy atom. The van der Waals surface area contributed by atoms with Crippen molar-refractivity contribution in [3.05, 3.63) is 88.4 Å². The van der Waals surface area contributed by atoms with Crippen LogP contribution in [0, 0.1) is 0 Å². The Bertz CT molecular complexity index is 1440. The van der Waals surface area contributed by atoms with Crippen LogP contribution in [0.2, 0.25) is 10.0 Å². The summed E-state index contributed by atoms with van der Waals surface area (Å²) in [6, 6.07) is 18.3. The van der Waals surface area contributed by atoms with E-state index in [0.717, 1.165) is 9.87 Å². The van der Waals surface area contributed by atoms with E-state index in [-0.39, 0.29) is 34.1 Å². The Hall–Kier alpha value is -3.27. The molecule has 0 spiro atoms. The molecule has 0 saturated heterocycles. The van der Waals surface area contributed by atoms with Crippen molar-refractivity contribution in [2.45, 2.75) is 57.1 Å². The number of carbonyl (C=O) groups is 2. The Morgan fingerprint density at radius 1 is 0.951 bits per heavy atom. The van der Waals surface area contributed by atoms with E-state index in [4.69, 9.17) is 27.9 Å². The highest BCUT2D eigenvalue weighted by Gasteiger charge is 2.34. The smallest absolute Gasteiger partial charge is 0.264 e. The van der Waals surface area contributed by atoms with Gasteiger partial charge < -0.3 is 15.0 Å². The summed E-state index contributed by atoms with van der Waals surface area (Å²) < 4.78 is 34.0. The van der Waals surface area contributed by atoms with E-state index in [0.29, 0.717) is 23.6 Å². The number of amides is 2. The molecule has 0 unspecified atom stereocenters. The molecule has 0 heterocycles. The number of halogens is 2. The molecule has 41 heavy (non-hydrogen) atoms. The summed E-state index contributed by atoms with van der Waals surface area (Å²) in [6.45, 7) is 5.16. The number of nitrogens with one attached hydrogen (secondary N) is 1. The van der Waals surface area contributed by atoms with Crippen LogP contribution in [0.4, 0.5) is 5.69 Å². The lowest BCUT2D eigenvalue weighted by Crippen LogP contribution is -2.53. The molecule has 8 nitrogen and oxygen atoms in total. The van der Waals surface area contributed by atoms with E-state index in [9.17, 15) is 18.0 Å². The number of hydrogen-bond donors (Lipinski definition) is 1. The van der Waals surface area contributed by atoms with Gasteiger partial charge in [-0.05, 0) is 67.8 Å². The zero-order valence-electron chi connectivity index (χ0n) is 23.5. The molecule has 2 amide bonds. The Balaban J connectivity index is 2.08. The maximum absolute atomic E-state index is 14.1. The van der Waals surface area contributed by atoms with Crippen LogP contribution in [0.15, 0.2) is 77.7 Å². The molecule has 2 atom stereocenters. The van der Waals surface area contributed by atoms with Crippen LogP contribution in [-0.2, 0) is 26.2 Å². The van der Waals surface area contributed by atoms with Crippen molar-refractivity contribution in [3.8, 4) is 5.75 Å². The second kappa shape index (κ2) is 14.6. The zero-order chi connectivity index (χ0) is 30.2. The van der Waals surface area contributed by atoms with E-state index >= 15 is 0 Å². The lowest BCUT2D eigenvalue weighted by atomic mass is 10.1. The molecule has 0 aliphatic heterocycles. The van der Waals surface area contributed by atoms with Gasteiger partial charge in [-0.25, -0.2) is 8.42 Å². The van der Waals surface area contributed by atoms with E-state index in [1.165, 1.54) is 42.3 Å². The first-order valence-electron chi connectivity index (χ1n) is 13.3. The average Bonchev–Trinajstić information content (AvgIpc) is 2.96. The normalized spacial score (nSPS) is 12.7. The highest BCUT2D eigenvalue weighted by atomic mass is 35.5. The molecule has 0 aliphatic rings. The first-order valence-corrected chi connectivity index (χ1v) is 15.5. The summed E-state index contributed by atoms with van der Waals surface area (Å²) in [6.07, 6.45) is 1.04. The molecule has 0 bridgehead atoms. The van der Waals surface area contributed by atoms with E-state index in [1.807, 2.05) is 20.8 Å². The minimum Gasteiger partial charge on any atom is -0.495 e. The van der Waals surface area contributed by atoms with Gasteiger partial charge in [0.25, 0.3) is 10.0 Å². The number of carbonyl (C=O) groups excluding carboxylic acids is 2. The molecule has 0 aromatic heterocycles. The van der Waals surface area contributed by atoms with Crippen LogP contribution in [0.3, 0.4) is 0 Å². The van der Waals surface area contributed by atoms with Gasteiger partial charge in [0.15, 0.2) is 0 Å². The second-order valence-corrected chi connectivity index (χ2v) is 12.2. The molecule has 3 aromatic carbocycles. The van der Waals surface area contributed by atoms with Crippen molar-refractivity contribution in [3.63, 3.8) is 0 Å². The fourth-order valence-electron chi connectivity index (χ4n) is 4.21. The quantitative estimate of drug-likeness (QED) is 0.256. The number of methoxy groups -OCH3 is 1. The van der Waals surface area contributed by atoms with Gasteiger partial charge in [-0.15, -0.1) is 0 Å². The molecule has 0 saturated carbocycles. The van der Waals surface area contributed by atoms with Crippen LogP contribution in [0.25, 0.3) is 0 Å². The highest BCUT2D eigenvalue weighted by Crippen LogP contribution is 2.32. The second-order valence-electron chi connectivity index (χ2n) is 9.53. The minimum absolute atomic E-state index is 0.00514. The molecule has 0 radical (unpaired) electrons. The molecular weight excluding hydrogens is 585 g/mol. The van der Waals surface area contributed by atoms with Crippen LogP contribution < -0.4 is 14.4 Å². The Kier molecular flexibility index (Phi) is 11.5. The largest absolute Gasteiger partial charge is 0.495 e. The monoisotopic (exact) mass is 619 g/mol. The summed E-state index contributed by atoms with van der Waals surface area (Å²) in [5.74, 6) is -0.511. The van der Waals surface area contributed by atoms with Gasteiger partial charge in [0.05, 0.1) is 22.7 Å². The molecule has 1 N–H and O–H groups in total. The minimum atomic E-state index is -4.20. The predicted molar refractivity (Wildman–Crippen MR) is 163 cm³/mol. The number of benzene rings is 3. The molecular formula is C30H35Cl2N3O5S. The van der Waals surface area contributed by atoms with Crippen molar-refractivity contribution < 1.29 is 22.7 Å². The fraction of sp³-hybridized carbons (Fsp3) is 0.333. The van der Waals surface area contributed by atoms with Crippen molar-refractivity contribution in [2.75, 3.05) is 18.0 Å². The maximum atomic E-state index is 14.1. The van der Waals surface area contributed by atoms with Crippen LogP contribution >= 0.6 is 23.2 Å². The fourth-order valence-corrected chi connectivity index (χ4v) is 6.01. The summed E-state index contributed by atoms with van der Waals surface area (Å²) in [5.41, 5.74) is 0.916. The van der Waals surface area contributed by atoms with Crippen molar-refractivity contribution in [1.82, 2.24) is 10.2 Å². The molecule has 0 fully saturated rings. The predicted octanol–water partition coefficient (Wildman–Crippen LogP) is 5.92. The first-order chi connectivity index (χ1) is 19.5. The molecule has 3 rings (SSSR count). The van der Waals surface area contributed by atoms with Crippen LogP contribution in [0.1, 0.15) is 39.2 Å². The maximum Gasteiger partial charge on any atom is 0.264 e.